The highest BCUT2D eigenvalue weighted by Crippen LogP contribution is 2.35. The van der Waals surface area contributed by atoms with E-state index < -0.39 is 0 Å². The average Bonchev–Trinajstić information content (AvgIpc) is 2.55. The van der Waals surface area contributed by atoms with Gasteiger partial charge in [-0.3, -0.25) is 9.59 Å². The quantitative estimate of drug-likeness (QED) is 0.711. The van der Waals surface area contributed by atoms with Gasteiger partial charge in [0, 0.05) is 26.4 Å². The van der Waals surface area contributed by atoms with E-state index in [-0.39, 0.29) is 11.8 Å². The van der Waals surface area contributed by atoms with Gasteiger partial charge in [0.25, 0.3) is 0 Å². The third kappa shape index (κ3) is 6.18. The number of carbonyl (C=O) groups is 2. The number of rotatable bonds is 9. The highest BCUT2D eigenvalue weighted by Gasteiger charge is 2.22. The molecular weight excluding hydrogens is 312 g/mol. The number of hydrogen-bond donors (Lipinski definition) is 1. The van der Waals surface area contributed by atoms with Gasteiger partial charge in [-0.05, 0) is 29.4 Å². The van der Waals surface area contributed by atoms with Gasteiger partial charge in [0.2, 0.25) is 11.8 Å². The number of hydrogen-bond acceptors (Lipinski definition) is 2. The standard InChI is InChI=1S/C21H34N2O2/c1-7-8-12-20(25)22-13-14-23(17(6)24)21-18(15(2)3)10-9-11-19(21)16(4)5/h9-11,15-16H,7-8,12-14H2,1-6H3,(H,22,25). The molecule has 0 aliphatic carbocycles. The van der Waals surface area contributed by atoms with Crippen LogP contribution < -0.4 is 10.2 Å². The van der Waals surface area contributed by atoms with Crippen LogP contribution in [0.2, 0.25) is 0 Å². The molecule has 140 valence electrons. The summed E-state index contributed by atoms with van der Waals surface area (Å²) in [6, 6.07) is 6.27. The Balaban J connectivity index is 3.02. The molecule has 0 radical (unpaired) electrons. The monoisotopic (exact) mass is 346 g/mol. The summed E-state index contributed by atoms with van der Waals surface area (Å²) >= 11 is 0. The summed E-state index contributed by atoms with van der Waals surface area (Å²) < 4.78 is 0. The molecule has 0 saturated carbocycles. The second kappa shape index (κ2) is 10.2. The number of nitrogens with zero attached hydrogens (tertiary/aromatic N) is 1. The summed E-state index contributed by atoms with van der Waals surface area (Å²) in [4.78, 5) is 26.0. The summed E-state index contributed by atoms with van der Waals surface area (Å²) in [6.07, 6.45) is 2.46. The van der Waals surface area contributed by atoms with Crippen molar-refractivity contribution >= 4 is 17.5 Å². The van der Waals surface area contributed by atoms with Gasteiger partial charge in [-0.25, -0.2) is 0 Å². The first-order valence-corrected chi connectivity index (χ1v) is 9.47. The van der Waals surface area contributed by atoms with E-state index in [9.17, 15) is 9.59 Å². The molecule has 0 atom stereocenters. The molecule has 0 unspecified atom stereocenters. The van der Waals surface area contributed by atoms with Crippen LogP contribution in [-0.4, -0.2) is 24.9 Å². The van der Waals surface area contributed by atoms with Crippen molar-refractivity contribution in [2.45, 2.75) is 72.6 Å². The van der Waals surface area contributed by atoms with E-state index >= 15 is 0 Å². The minimum atomic E-state index is 0.0119. The Morgan fingerprint density at radius 2 is 1.64 bits per heavy atom. The van der Waals surface area contributed by atoms with Gasteiger partial charge in [-0.1, -0.05) is 59.2 Å². The molecule has 4 nitrogen and oxygen atoms in total. The first kappa shape index (κ1) is 21.2. The number of unbranched alkanes of at least 4 members (excludes halogenated alkanes) is 1. The molecule has 1 aromatic carbocycles. The van der Waals surface area contributed by atoms with Gasteiger partial charge in [0.1, 0.15) is 0 Å². The maximum Gasteiger partial charge on any atom is 0.223 e. The molecule has 1 rings (SSSR count). The highest BCUT2D eigenvalue weighted by atomic mass is 16.2. The molecular formula is C21H34N2O2. The fourth-order valence-corrected chi connectivity index (χ4v) is 2.98. The Bertz CT molecular complexity index is 553. The Morgan fingerprint density at radius 1 is 1.08 bits per heavy atom. The molecule has 0 aromatic heterocycles. The van der Waals surface area contributed by atoms with E-state index in [4.69, 9.17) is 0 Å². The maximum absolute atomic E-state index is 12.4. The lowest BCUT2D eigenvalue weighted by Crippen LogP contribution is -2.38. The van der Waals surface area contributed by atoms with E-state index in [2.05, 4.69) is 58.1 Å². The second-order valence-corrected chi connectivity index (χ2v) is 7.22. The number of amides is 2. The van der Waals surface area contributed by atoms with Crippen molar-refractivity contribution in [1.82, 2.24) is 5.32 Å². The number of para-hydroxylation sites is 1. The number of anilines is 1. The van der Waals surface area contributed by atoms with Crippen LogP contribution in [0.3, 0.4) is 0 Å². The smallest absolute Gasteiger partial charge is 0.223 e. The van der Waals surface area contributed by atoms with Gasteiger partial charge in [-0.15, -0.1) is 0 Å². The summed E-state index contributed by atoms with van der Waals surface area (Å²) in [5.41, 5.74) is 3.38. The molecule has 25 heavy (non-hydrogen) atoms. The number of nitrogens with one attached hydrogen (secondary N) is 1. The molecule has 0 fully saturated rings. The largest absolute Gasteiger partial charge is 0.354 e. The van der Waals surface area contributed by atoms with Crippen LogP contribution in [0.15, 0.2) is 18.2 Å². The lowest BCUT2D eigenvalue weighted by atomic mass is 9.92. The molecule has 0 aliphatic rings. The van der Waals surface area contributed by atoms with Crippen molar-refractivity contribution in [1.29, 1.82) is 0 Å². The van der Waals surface area contributed by atoms with Gasteiger partial charge in [0.05, 0.1) is 5.69 Å². The van der Waals surface area contributed by atoms with E-state index in [1.54, 1.807) is 6.92 Å². The van der Waals surface area contributed by atoms with Crippen molar-refractivity contribution in [3.63, 3.8) is 0 Å². The van der Waals surface area contributed by atoms with Crippen molar-refractivity contribution in [3.8, 4) is 0 Å². The Morgan fingerprint density at radius 3 is 2.08 bits per heavy atom. The van der Waals surface area contributed by atoms with Gasteiger partial charge in [0.15, 0.2) is 0 Å². The summed E-state index contributed by atoms with van der Waals surface area (Å²) in [7, 11) is 0. The second-order valence-electron chi connectivity index (χ2n) is 7.22. The molecule has 0 saturated heterocycles. The molecule has 0 heterocycles. The molecule has 4 heteroatoms. The first-order chi connectivity index (χ1) is 11.8. The van der Waals surface area contributed by atoms with Crippen LogP contribution in [0.1, 0.15) is 83.8 Å². The van der Waals surface area contributed by atoms with E-state index in [0.29, 0.717) is 31.3 Å². The SMILES string of the molecule is CCCCC(=O)NCCN(C(C)=O)c1c(C(C)C)cccc1C(C)C. The minimum Gasteiger partial charge on any atom is -0.354 e. The Kier molecular flexibility index (Phi) is 8.67. The lowest BCUT2D eigenvalue weighted by molar-refractivity contribution is -0.121. The van der Waals surface area contributed by atoms with Crippen LogP contribution in [0.5, 0.6) is 0 Å². The molecule has 0 aliphatic heterocycles. The predicted octanol–water partition coefficient (Wildman–Crippen LogP) is 4.59. The van der Waals surface area contributed by atoms with Gasteiger partial charge >= 0.3 is 0 Å². The molecule has 1 aromatic rings. The maximum atomic E-state index is 12.4. The normalized spacial score (nSPS) is 11.0. The topological polar surface area (TPSA) is 49.4 Å². The molecule has 0 spiro atoms. The Hall–Kier alpha value is -1.84. The lowest BCUT2D eigenvalue weighted by Gasteiger charge is -2.29. The first-order valence-electron chi connectivity index (χ1n) is 9.47. The fraction of sp³-hybridized carbons (Fsp3) is 0.619. The summed E-state index contributed by atoms with van der Waals surface area (Å²) in [6.45, 7) is 13.2. The third-order valence-corrected chi connectivity index (χ3v) is 4.41. The zero-order valence-electron chi connectivity index (χ0n) is 16.7. The average molecular weight is 347 g/mol. The molecule has 1 N–H and O–H groups in total. The van der Waals surface area contributed by atoms with Crippen molar-refractivity contribution in [3.05, 3.63) is 29.3 Å². The van der Waals surface area contributed by atoms with Gasteiger partial charge in [-0.2, -0.15) is 0 Å². The van der Waals surface area contributed by atoms with Crippen molar-refractivity contribution < 1.29 is 9.59 Å². The van der Waals surface area contributed by atoms with E-state index in [1.807, 2.05) is 4.90 Å². The fourth-order valence-electron chi connectivity index (χ4n) is 2.98. The highest BCUT2D eigenvalue weighted by molar-refractivity contribution is 5.93. The van der Waals surface area contributed by atoms with E-state index in [0.717, 1.165) is 18.5 Å². The summed E-state index contributed by atoms with van der Waals surface area (Å²) in [5, 5.41) is 2.94. The van der Waals surface area contributed by atoms with Gasteiger partial charge < -0.3 is 10.2 Å². The minimum absolute atomic E-state index is 0.0119. The number of benzene rings is 1. The van der Waals surface area contributed by atoms with Crippen LogP contribution in [0, 0.1) is 0 Å². The summed E-state index contributed by atoms with van der Waals surface area (Å²) in [5.74, 6) is 0.730. The van der Waals surface area contributed by atoms with Crippen molar-refractivity contribution in [2.24, 2.45) is 0 Å². The van der Waals surface area contributed by atoms with Crippen LogP contribution in [0.25, 0.3) is 0 Å². The molecule has 2 amide bonds. The van der Waals surface area contributed by atoms with Crippen molar-refractivity contribution in [2.75, 3.05) is 18.0 Å². The Labute approximate surface area is 153 Å². The van der Waals surface area contributed by atoms with Crippen LogP contribution in [-0.2, 0) is 9.59 Å². The third-order valence-electron chi connectivity index (χ3n) is 4.41. The zero-order valence-corrected chi connectivity index (χ0v) is 16.7. The zero-order chi connectivity index (χ0) is 19.0. The predicted molar refractivity (Wildman–Crippen MR) is 105 cm³/mol. The van der Waals surface area contributed by atoms with Crippen LogP contribution >= 0.6 is 0 Å². The van der Waals surface area contributed by atoms with E-state index in [1.165, 1.54) is 11.1 Å². The molecule has 0 bridgehead atoms. The number of carbonyl (C=O) groups excluding carboxylic acids is 2. The van der Waals surface area contributed by atoms with Crippen LogP contribution in [0.4, 0.5) is 5.69 Å².